The van der Waals surface area contributed by atoms with Crippen LogP contribution in [0.15, 0.2) is 0 Å². The first-order chi connectivity index (χ1) is 8.44. The van der Waals surface area contributed by atoms with E-state index in [9.17, 15) is 8.42 Å². The molecule has 18 heavy (non-hydrogen) atoms. The van der Waals surface area contributed by atoms with E-state index >= 15 is 0 Å². The maximum absolute atomic E-state index is 12.0. The van der Waals surface area contributed by atoms with Crippen LogP contribution in [0, 0.1) is 0 Å². The fourth-order valence-electron chi connectivity index (χ4n) is 1.36. The van der Waals surface area contributed by atoms with Crippen molar-refractivity contribution < 1.29 is 17.9 Å². The van der Waals surface area contributed by atoms with Crippen LogP contribution in [0.2, 0.25) is 0 Å². The van der Waals surface area contributed by atoms with Crippen LogP contribution < -0.4 is 5.73 Å². The van der Waals surface area contributed by atoms with Crippen LogP contribution in [0.1, 0.15) is 20.8 Å². The van der Waals surface area contributed by atoms with Crippen molar-refractivity contribution >= 4 is 10.0 Å². The molecule has 0 saturated heterocycles. The van der Waals surface area contributed by atoms with Gasteiger partial charge in [-0.15, -0.1) is 0 Å². The van der Waals surface area contributed by atoms with Gasteiger partial charge in [-0.1, -0.05) is 6.92 Å². The van der Waals surface area contributed by atoms with Crippen molar-refractivity contribution in [2.75, 3.05) is 45.2 Å². The zero-order valence-electron chi connectivity index (χ0n) is 11.6. The van der Waals surface area contributed by atoms with Crippen LogP contribution in [-0.4, -0.2) is 64.0 Å². The van der Waals surface area contributed by atoms with Crippen molar-refractivity contribution in [3.8, 4) is 0 Å². The second kappa shape index (κ2) is 9.69. The Kier molecular flexibility index (Phi) is 9.57. The molecule has 6 nitrogen and oxygen atoms in total. The first kappa shape index (κ1) is 17.8. The number of rotatable bonds is 11. The van der Waals surface area contributed by atoms with Crippen LogP contribution >= 0.6 is 0 Å². The highest BCUT2D eigenvalue weighted by Gasteiger charge is 2.19. The Morgan fingerprint density at radius 3 is 2.39 bits per heavy atom. The summed E-state index contributed by atoms with van der Waals surface area (Å²) in [7, 11) is -3.26. The van der Waals surface area contributed by atoms with Gasteiger partial charge in [0.25, 0.3) is 0 Å². The fourth-order valence-corrected chi connectivity index (χ4v) is 2.68. The Morgan fingerprint density at radius 1 is 1.22 bits per heavy atom. The Bertz CT molecular complexity index is 293. The zero-order chi connectivity index (χ0) is 14.0. The number of nitrogens with two attached hydrogens (primary N) is 1. The Hall–Kier alpha value is -0.210. The maximum atomic E-state index is 12.0. The average molecular weight is 282 g/mol. The van der Waals surface area contributed by atoms with Gasteiger partial charge in [0.15, 0.2) is 0 Å². The van der Waals surface area contributed by atoms with Gasteiger partial charge in [-0.25, -0.2) is 8.42 Å². The van der Waals surface area contributed by atoms with Gasteiger partial charge in [-0.3, -0.25) is 0 Å². The predicted molar refractivity (Wildman–Crippen MR) is 72.0 cm³/mol. The molecule has 0 amide bonds. The molecular weight excluding hydrogens is 256 g/mol. The molecule has 0 rings (SSSR count). The molecule has 0 bridgehead atoms. The van der Waals surface area contributed by atoms with E-state index in [2.05, 4.69) is 0 Å². The Labute approximate surface area is 110 Å². The minimum absolute atomic E-state index is 0.00983. The molecule has 0 aromatic carbocycles. The minimum Gasteiger partial charge on any atom is -0.379 e. The molecule has 0 heterocycles. The summed E-state index contributed by atoms with van der Waals surface area (Å²) < 4.78 is 35.8. The van der Waals surface area contributed by atoms with Crippen molar-refractivity contribution in [3.05, 3.63) is 0 Å². The molecule has 0 spiro atoms. The van der Waals surface area contributed by atoms with Crippen molar-refractivity contribution in [2.45, 2.75) is 26.9 Å². The number of nitrogens with zero attached hydrogens (tertiary/aromatic N) is 1. The molecule has 0 fully saturated rings. The van der Waals surface area contributed by atoms with E-state index in [-0.39, 0.29) is 18.5 Å². The SMILES string of the molecule is CCN(CCOCCN)S(=O)(=O)CCOC(C)C. The summed E-state index contributed by atoms with van der Waals surface area (Å²) in [5.74, 6) is 0.00983. The smallest absolute Gasteiger partial charge is 0.216 e. The molecule has 0 radical (unpaired) electrons. The van der Waals surface area contributed by atoms with Gasteiger partial charge < -0.3 is 15.2 Å². The third kappa shape index (κ3) is 7.99. The first-order valence-electron chi connectivity index (χ1n) is 6.31. The van der Waals surface area contributed by atoms with E-state index in [1.807, 2.05) is 20.8 Å². The zero-order valence-corrected chi connectivity index (χ0v) is 12.4. The summed E-state index contributed by atoms with van der Waals surface area (Å²) in [6, 6.07) is 0. The highest BCUT2D eigenvalue weighted by Crippen LogP contribution is 2.02. The van der Waals surface area contributed by atoms with E-state index in [1.54, 1.807) is 0 Å². The number of ether oxygens (including phenoxy) is 2. The third-order valence-corrected chi connectivity index (χ3v) is 4.20. The van der Waals surface area contributed by atoms with E-state index in [4.69, 9.17) is 15.2 Å². The summed E-state index contributed by atoms with van der Waals surface area (Å²) in [5, 5.41) is 0. The van der Waals surface area contributed by atoms with Crippen LogP contribution in [0.3, 0.4) is 0 Å². The maximum Gasteiger partial charge on any atom is 0.216 e. The molecule has 0 aliphatic heterocycles. The number of sulfonamides is 1. The summed E-state index contributed by atoms with van der Waals surface area (Å²) in [5.41, 5.74) is 5.28. The highest BCUT2D eigenvalue weighted by molar-refractivity contribution is 7.89. The molecular formula is C11H26N2O4S. The van der Waals surface area contributed by atoms with Crippen molar-refractivity contribution in [1.82, 2.24) is 4.31 Å². The summed E-state index contributed by atoms with van der Waals surface area (Å²) in [4.78, 5) is 0. The standard InChI is InChI=1S/C11H26N2O4S/c1-4-13(6-8-16-7-5-12)18(14,15)10-9-17-11(2)3/h11H,4-10,12H2,1-3H3. The first-order valence-corrected chi connectivity index (χ1v) is 7.92. The molecule has 0 atom stereocenters. The van der Waals surface area contributed by atoms with Crippen LogP contribution in [0.25, 0.3) is 0 Å². The topological polar surface area (TPSA) is 81.9 Å². The van der Waals surface area contributed by atoms with Crippen LogP contribution in [-0.2, 0) is 19.5 Å². The molecule has 0 aromatic heterocycles. The van der Waals surface area contributed by atoms with Gasteiger partial charge in [0.1, 0.15) is 0 Å². The van der Waals surface area contributed by atoms with Crippen LogP contribution in [0.4, 0.5) is 0 Å². The molecule has 0 aliphatic rings. The Balaban J connectivity index is 4.09. The molecule has 2 N–H and O–H groups in total. The summed E-state index contributed by atoms with van der Waals surface area (Å²) in [6.45, 7) is 7.86. The third-order valence-electron chi connectivity index (χ3n) is 2.29. The largest absolute Gasteiger partial charge is 0.379 e. The van der Waals surface area contributed by atoms with Gasteiger partial charge in [0.05, 0.1) is 31.7 Å². The van der Waals surface area contributed by atoms with Crippen LogP contribution in [0.5, 0.6) is 0 Å². The van der Waals surface area contributed by atoms with Crippen molar-refractivity contribution in [3.63, 3.8) is 0 Å². The molecule has 0 unspecified atom stereocenters. The lowest BCUT2D eigenvalue weighted by atomic mass is 10.5. The van der Waals surface area contributed by atoms with Gasteiger partial charge in [0.2, 0.25) is 10.0 Å². The van der Waals surface area contributed by atoms with E-state index < -0.39 is 10.0 Å². The monoisotopic (exact) mass is 282 g/mol. The van der Waals surface area contributed by atoms with Crippen molar-refractivity contribution in [1.29, 1.82) is 0 Å². The summed E-state index contributed by atoms with van der Waals surface area (Å²) >= 11 is 0. The lowest BCUT2D eigenvalue weighted by molar-refractivity contribution is 0.0902. The lowest BCUT2D eigenvalue weighted by Gasteiger charge is -2.20. The predicted octanol–water partition coefficient (Wildman–Crippen LogP) is 0.0384. The average Bonchev–Trinajstić information content (AvgIpc) is 2.28. The number of hydrogen-bond donors (Lipinski definition) is 1. The molecule has 7 heteroatoms. The molecule has 0 saturated carbocycles. The normalized spacial score (nSPS) is 12.6. The second-order valence-corrected chi connectivity index (χ2v) is 6.22. The van der Waals surface area contributed by atoms with E-state index in [0.29, 0.717) is 32.8 Å². The quantitative estimate of drug-likeness (QED) is 0.541. The second-order valence-electron chi connectivity index (χ2n) is 4.13. The molecule has 0 aromatic rings. The van der Waals surface area contributed by atoms with Crippen molar-refractivity contribution in [2.24, 2.45) is 5.73 Å². The van der Waals surface area contributed by atoms with Gasteiger partial charge in [-0.2, -0.15) is 4.31 Å². The van der Waals surface area contributed by atoms with Gasteiger partial charge in [-0.05, 0) is 13.8 Å². The summed E-state index contributed by atoms with van der Waals surface area (Å²) in [6.07, 6.45) is 0.0446. The lowest BCUT2D eigenvalue weighted by Crippen LogP contribution is -2.37. The fraction of sp³-hybridized carbons (Fsp3) is 1.00. The minimum atomic E-state index is -3.26. The van der Waals surface area contributed by atoms with E-state index in [1.165, 1.54) is 4.31 Å². The highest BCUT2D eigenvalue weighted by atomic mass is 32.2. The molecule has 0 aliphatic carbocycles. The van der Waals surface area contributed by atoms with E-state index in [0.717, 1.165) is 0 Å². The molecule has 110 valence electrons. The van der Waals surface area contributed by atoms with Gasteiger partial charge in [0, 0.05) is 19.6 Å². The number of likely N-dealkylation sites (N-methyl/N-ethyl adjacent to an activating group) is 1. The Morgan fingerprint density at radius 2 is 1.89 bits per heavy atom. The van der Waals surface area contributed by atoms with Gasteiger partial charge >= 0.3 is 0 Å². The number of hydrogen-bond acceptors (Lipinski definition) is 5.